The summed E-state index contributed by atoms with van der Waals surface area (Å²) in [6.45, 7) is 7.34. The molecule has 1 saturated heterocycles. The highest BCUT2D eigenvalue weighted by Gasteiger charge is 2.27. The SMILES string of the molecule is Cc1cccc(C)c1NC(=O)CN1CCN(C(=O)[C@H]2CC=CCC2)CC1. The van der Waals surface area contributed by atoms with Gasteiger partial charge in [-0.05, 0) is 44.2 Å². The summed E-state index contributed by atoms with van der Waals surface area (Å²) >= 11 is 0. The summed E-state index contributed by atoms with van der Waals surface area (Å²) in [7, 11) is 0. The van der Waals surface area contributed by atoms with Gasteiger partial charge in [-0.25, -0.2) is 0 Å². The molecule has 1 N–H and O–H groups in total. The molecular weight excluding hydrogens is 326 g/mol. The van der Waals surface area contributed by atoms with Crippen LogP contribution < -0.4 is 5.32 Å². The number of piperazine rings is 1. The van der Waals surface area contributed by atoms with Gasteiger partial charge in [-0.15, -0.1) is 0 Å². The molecule has 0 unspecified atom stereocenters. The van der Waals surface area contributed by atoms with Crippen molar-refractivity contribution in [2.75, 3.05) is 38.0 Å². The fraction of sp³-hybridized carbons (Fsp3) is 0.524. The van der Waals surface area contributed by atoms with E-state index in [0.29, 0.717) is 6.54 Å². The number of hydrogen-bond donors (Lipinski definition) is 1. The monoisotopic (exact) mass is 355 g/mol. The van der Waals surface area contributed by atoms with Crippen molar-refractivity contribution in [3.05, 3.63) is 41.5 Å². The van der Waals surface area contributed by atoms with Crippen molar-refractivity contribution in [3.63, 3.8) is 0 Å². The summed E-state index contributed by atoms with van der Waals surface area (Å²) in [4.78, 5) is 29.1. The molecule has 0 spiro atoms. The maximum atomic E-state index is 12.6. The number of nitrogens with zero attached hydrogens (tertiary/aromatic N) is 2. The van der Waals surface area contributed by atoms with E-state index in [-0.39, 0.29) is 17.7 Å². The van der Waals surface area contributed by atoms with Crippen molar-refractivity contribution in [1.29, 1.82) is 0 Å². The van der Waals surface area contributed by atoms with Crippen molar-refractivity contribution < 1.29 is 9.59 Å². The molecule has 1 heterocycles. The minimum absolute atomic E-state index is 0.0135. The number of hydrogen-bond acceptors (Lipinski definition) is 3. The Bertz CT molecular complexity index is 670. The van der Waals surface area contributed by atoms with Crippen LogP contribution in [0.2, 0.25) is 0 Å². The number of amides is 2. The molecule has 1 aromatic rings. The highest BCUT2D eigenvalue weighted by Crippen LogP contribution is 2.22. The maximum Gasteiger partial charge on any atom is 0.238 e. The molecule has 1 atom stereocenters. The Morgan fingerprint density at radius 2 is 1.77 bits per heavy atom. The molecule has 5 nitrogen and oxygen atoms in total. The Morgan fingerprint density at radius 3 is 2.38 bits per heavy atom. The molecule has 0 bridgehead atoms. The first-order valence-electron chi connectivity index (χ1n) is 9.57. The molecule has 0 aromatic heterocycles. The van der Waals surface area contributed by atoms with Gasteiger partial charge in [0.1, 0.15) is 0 Å². The normalized spacial score (nSPS) is 20.8. The minimum atomic E-state index is 0.0135. The van der Waals surface area contributed by atoms with Crippen LogP contribution in [-0.4, -0.2) is 54.3 Å². The third-order valence-electron chi connectivity index (χ3n) is 5.42. The molecule has 1 aliphatic heterocycles. The highest BCUT2D eigenvalue weighted by atomic mass is 16.2. The number of carbonyl (C=O) groups excluding carboxylic acids is 2. The Labute approximate surface area is 156 Å². The van der Waals surface area contributed by atoms with Gasteiger partial charge in [0.25, 0.3) is 0 Å². The second kappa shape index (κ2) is 8.49. The van der Waals surface area contributed by atoms with Crippen LogP contribution in [0, 0.1) is 19.8 Å². The van der Waals surface area contributed by atoms with Gasteiger partial charge in [0, 0.05) is 37.8 Å². The van der Waals surface area contributed by atoms with Crippen LogP contribution in [0.15, 0.2) is 30.4 Å². The number of rotatable bonds is 4. The van der Waals surface area contributed by atoms with Crippen molar-refractivity contribution in [2.45, 2.75) is 33.1 Å². The van der Waals surface area contributed by atoms with Gasteiger partial charge in [0.2, 0.25) is 11.8 Å². The van der Waals surface area contributed by atoms with Crippen LogP contribution in [0.25, 0.3) is 0 Å². The standard InChI is InChI=1S/C21H29N3O2/c1-16-7-6-8-17(2)20(16)22-19(25)15-23-11-13-24(14-12-23)21(26)18-9-4-3-5-10-18/h3-4,6-8,18H,5,9-15H2,1-2H3,(H,22,25)/t18-/m0/s1. The van der Waals surface area contributed by atoms with Crippen LogP contribution in [0.3, 0.4) is 0 Å². The number of benzene rings is 1. The average Bonchev–Trinajstić information content (AvgIpc) is 2.66. The fourth-order valence-corrected chi connectivity index (χ4v) is 3.80. The van der Waals surface area contributed by atoms with Gasteiger partial charge in [0.15, 0.2) is 0 Å². The van der Waals surface area contributed by atoms with Gasteiger partial charge in [-0.2, -0.15) is 0 Å². The number of para-hydroxylation sites is 1. The quantitative estimate of drug-likeness (QED) is 0.845. The Hall–Kier alpha value is -2.14. The lowest BCUT2D eigenvalue weighted by Crippen LogP contribution is -2.51. The van der Waals surface area contributed by atoms with E-state index in [1.807, 2.05) is 36.9 Å². The largest absolute Gasteiger partial charge is 0.340 e. The van der Waals surface area contributed by atoms with E-state index in [2.05, 4.69) is 22.4 Å². The summed E-state index contributed by atoms with van der Waals surface area (Å²) in [5.41, 5.74) is 3.07. The van der Waals surface area contributed by atoms with Crippen LogP contribution in [-0.2, 0) is 9.59 Å². The number of aryl methyl sites for hydroxylation is 2. The number of allylic oxidation sites excluding steroid dienone is 2. The Kier molecular flexibility index (Phi) is 6.09. The predicted molar refractivity (Wildman–Crippen MR) is 104 cm³/mol. The van der Waals surface area contributed by atoms with Crippen molar-refractivity contribution in [2.24, 2.45) is 5.92 Å². The average molecular weight is 355 g/mol. The zero-order chi connectivity index (χ0) is 18.5. The van der Waals surface area contributed by atoms with Gasteiger partial charge < -0.3 is 10.2 Å². The van der Waals surface area contributed by atoms with Crippen molar-refractivity contribution in [3.8, 4) is 0 Å². The summed E-state index contributed by atoms with van der Waals surface area (Å²) in [5.74, 6) is 0.451. The third kappa shape index (κ3) is 4.52. The fourth-order valence-electron chi connectivity index (χ4n) is 3.80. The van der Waals surface area contributed by atoms with E-state index in [9.17, 15) is 9.59 Å². The lowest BCUT2D eigenvalue weighted by Gasteiger charge is -2.36. The molecule has 1 aromatic carbocycles. The van der Waals surface area contributed by atoms with Crippen LogP contribution in [0.4, 0.5) is 5.69 Å². The third-order valence-corrected chi connectivity index (χ3v) is 5.42. The van der Waals surface area contributed by atoms with E-state index >= 15 is 0 Å². The minimum Gasteiger partial charge on any atom is -0.340 e. The molecule has 2 aliphatic rings. The predicted octanol–water partition coefficient (Wildman–Crippen LogP) is 2.74. The number of nitrogens with one attached hydrogen (secondary N) is 1. The van der Waals surface area contributed by atoms with Crippen molar-refractivity contribution >= 4 is 17.5 Å². The van der Waals surface area contributed by atoms with Gasteiger partial charge >= 0.3 is 0 Å². The van der Waals surface area contributed by atoms with Gasteiger partial charge in [-0.3, -0.25) is 14.5 Å². The number of carbonyl (C=O) groups is 2. The van der Waals surface area contributed by atoms with Crippen LogP contribution in [0.5, 0.6) is 0 Å². The first kappa shape index (κ1) is 18.6. The van der Waals surface area contributed by atoms with E-state index < -0.39 is 0 Å². The lowest BCUT2D eigenvalue weighted by molar-refractivity contribution is -0.137. The molecular formula is C21H29N3O2. The summed E-state index contributed by atoms with van der Waals surface area (Å²) in [6.07, 6.45) is 7.14. The second-order valence-corrected chi connectivity index (χ2v) is 7.40. The van der Waals surface area contributed by atoms with E-state index in [0.717, 1.165) is 62.3 Å². The van der Waals surface area contributed by atoms with E-state index in [1.54, 1.807) is 0 Å². The molecule has 3 rings (SSSR count). The molecule has 2 amide bonds. The maximum absolute atomic E-state index is 12.6. The smallest absolute Gasteiger partial charge is 0.238 e. The van der Waals surface area contributed by atoms with Gasteiger partial charge in [0.05, 0.1) is 6.54 Å². The summed E-state index contributed by atoms with van der Waals surface area (Å²) in [5, 5.41) is 3.04. The molecule has 0 radical (unpaired) electrons. The topological polar surface area (TPSA) is 52.7 Å². The molecule has 5 heteroatoms. The second-order valence-electron chi connectivity index (χ2n) is 7.40. The first-order valence-corrected chi connectivity index (χ1v) is 9.57. The number of anilines is 1. The van der Waals surface area contributed by atoms with E-state index in [1.165, 1.54) is 0 Å². The first-order chi connectivity index (χ1) is 12.5. The van der Waals surface area contributed by atoms with Gasteiger partial charge in [-0.1, -0.05) is 30.4 Å². The molecule has 1 fully saturated rings. The lowest BCUT2D eigenvalue weighted by atomic mass is 9.93. The van der Waals surface area contributed by atoms with E-state index in [4.69, 9.17) is 0 Å². The summed E-state index contributed by atoms with van der Waals surface area (Å²) < 4.78 is 0. The van der Waals surface area contributed by atoms with Crippen LogP contribution in [0.1, 0.15) is 30.4 Å². The highest BCUT2D eigenvalue weighted by molar-refractivity contribution is 5.93. The zero-order valence-corrected chi connectivity index (χ0v) is 15.8. The Balaban J connectivity index is 1.47. The summed E-state index contributed by atoms with van der Waals surface area (Å²) in [6, 6.07) is 6.01. The Morgan fingerprint density at radius 1 is 1.08 bits per heavy atom. The molecule has 26 heavy (non-hydrogen) atoms. The molecule has 140 valence electrons. The molecule has 1 aliphatic carbocycles. The zero-order valence-electron chi connectivity index (χ0n) is 15.8. The molecule has 0 saturated carbocycles. The van der Waals surface area contributed by atoms with Crippen molar-refractivity contribution in [1.82, 2.24) is 9.80 Å². The van der Waals surface area contributed by atoms with Crippen LogP contribution >= 0.6 is 0 Å².